The van der Waals surface area contributed by atoms with Crippen molar-refractivity contribution in [1.29, 1.82) is 0 Å². The van der Waals surface area contributed by atoms with Crippen molar-refractivity contribution in [2.75, 3.05) is 17.7 Å². The molecule has 2 unspecified atom stereocenters. The van der Waals surface area contributed by atoms with Crippen molar-refractivity contribution >= 4 is 39.9 Å². The minimum absolute atomic E-state index is 0.162. The number of hydrogen-bond donors (Lipinski definition) is 2. The van der Waals surface area contributed by atoms with E-state index in [1.807, 2.05) is 0 Å². The first kappa shape index (κ1) is 23.3. The molecule has 32 heavy (non-hydrogen) atoms. The summed E-state index contributed by atoms with van der Waals surface area (Å²) in [5.74, 6) is 1.23. The van der Waals surface area contributed by atoms with Crippen molar-refractivity contribution in [3.63, 3.8) is 0 Å². The third-order valence-electron chi connectivity index (χ3n) is 6.02. The average Bonchev–Trinajstić information content (AvgIpc) is 3.45. The van der Waals surface area contributed by atoms with Gasteiger partial charge in [-0.1, -0.05) is 32.5 Å². The first-order valence-electron chi connectivity index (χ1n) is 11.2. The van der Waals surface area contributed by atoms with Gasteiger partial charge in [0.2, 0.25) is 5.91 Å². The van der Waals surface area contributed by atoms with Gasteiger partial charge in [0.1, 0.15) is 10.8 Å². The lowest BCUT2D eigenvalue weighted by Crippen LogP contribution is -2.21. The van der Waals surface area contributed by atoms with Gasteiger partial charge in [-0.15, -0.1) is 21.5 Å². The summed E-state index contributed by atoms with van der Waals surface area (Å²) >= 11 is 2.84. The standard InChI is InChI=1S/C22H31N5O3S2/c1-12(2)20-25-26-22(27(20)10-14-5-4-8-30-14)31-11-17(28)24-21-18(19(23)29)15-7-6-13(3)9-16(15)32-21/h12-14H,4-11H2,1-3H3,(H2,23,29)(H,24,28). The smallest absolute Gasteiger partial charge is 0.251 e. The highest BCUT2D eigenvalue weighted by Gasteiger charge is 2.28. The van der Waals surface area contributed by atoms with E-state index in [1.165, 1.54) is 28.0 Å². The number of carbonyl (C=O) groups is 2. The minimum atomic E-state index is -0.474. The molecule has 0 radical (unpaired) electrons. The molecule has 1 fully saturated rings. The van der Waals surface area contributed by atoms with Crippen molar-refractivity contribution in [3.05, 3.63) is 21.8 Å². The van der Waals surface area contributed by atoms with Crippen molar-refractivity contribution < 1.29 is 14.3 Å². The molecule has 2 aliphatic rings. The molecule has 2 amide bonds. The number of nitrogens with two attached hydrogens (primary N) is 1. The number of anilines is 1. The second-order valence-electron chi connectivity index (χ2n) is 9.00. The van der Waals surface area contributed by atoms with Crippen molar-refractivity contribution in [2.24, 2.45) is 11.7 Å². The molecule has 2 aromatic heterocycles. The Morgan fingerprint density at radius 2 is 2.16 bits per heavy atom. The van der Waals surface area contributed by atoms with Gasteiger partial charge >= 0.3 is 0 Å². The number of amides is 2. The first-order chi connectivity index (χ1) is 15.3. The third kappa shape index (κ3) is 5.02. The number of ether oxygens (including phenoxy) is 1. The highest BCUT2D eigenvalue weighted by molar-refractivity contribution is 7.99. The van der Waals surface area contributed by atoms with Crippen LogP contribution in [0.1, 0.15) is 72.6 Å². The Hall–Kier alpha value is -1.91. The van der Waals surface area contributed by atoms with E-state index in [-0.39, 0.29) is 23.7 Å². The molecule has 8 nitrogen and oxygen atoms in total. The van der Waals surface area contributed by atoms with Crippen LogP contribution in [0, 0.1) is 5.92 Å². The summed E-state index contributed by atoms with van der Waals surface area (Å²) in [5.41, 5.74) is 7.17. The van der Waals surface area contributed by atoms with Crippen molar-refractivity contribution in [3.8, 4) is 0 Å². The molecule has 4 rings (SSSR count). The van der Waals surface area contributed by atoms with Crippen molar-refractivity contribution in [1.82, 2.24) is 14.8 Å². The van der Waals surface area contributed by atoms with E-state index < -0.39 is 5.91 Å². The van der Waals surface area contributed by atoms with E-state index in [0.29, 0.717) is 28.2 Å². The van der Waals surface area contributed by atoms with E-state index in [2.05, 4.69) is 40.9 Å². The summed E-state index contributed by atoms with van der Waals surface area (Å²) in [7, 11) is 0. The van der Waals surface area contributed by atoms with Gasteiger partial charge in [0.05, 0.1) is 24.0 Å². The monoisotopic (exact) mass is 477 g/mol. The number of carbonyl (C=O) groups excluding carboxylic acids is 2. The molecule has 174 valence electrons. The molecule has 3 heterocycles. The zero-order valence-corrected chi connectivity index (χ0v) is 20.5. The Morgan fingerprint density at radius 3 is 2.84 bits per heavy atom. The number of nitrogens with zero attached hydrogens (tertiary/aromatic N) is 3. The first-order valence-corrected chi connectivity index (χ1v) is 13.0. The third-order valence-corrected chi connectivity index (χ3v) is 8.15. The Labute approximate surface area is 196 Å². The minimum Gasteiger partial charge on any atom is -0.376 e. The van der Waals surface area contributed by atoms with Crippen LogP contribution < -0.4 is 11.1 Å². The zero-order chi connectivity index (χ0) is 22.8. The lowest BCUT2D eigenvalue weighted by molar-refractivity contribution is -0.113. The van der Waals surface area contributed by atoms with Gasteiger partial charge in [0.25, 0.3) is 5.91 Å². The largest absolute Gasteiger partial charge is 0.376 e. The number of rotatable bonds is 8. The summed E-state index contributed by atoms with van der Waals surface area (Å²) in [4.78, 5) is 26.1. The number of nitrogens with one attached hydrogen (secondary N) is 1. The number of thioether (sulfide) groups is 1. The molecule has 1 aliphatic heterocycles. The van der Waals surface area contributed by atoms with Gasteiger partial charge < -0.3 is 20.4 Å². The van der Waals surface area contributed by atoms with Crippen LogP contribution in [0.2, 0.25) is 0 Å². The second-order valence-corrected chi connectivity index (χ2v) is 11.0. The molecule has 0 bridgehead atoms. The van der Waals surface area contributed by atoms with E-state index >= 15 is 0 Å². The second kappa shape index (κ2) is 9.93. The van der Waals surface area contributed by atoms with Crippen LogP contribution in [0.3, 0.4) is 0 Å². The number of fused-ring (bicyclic) bond motifs is 1. The van der Waals surface area contributed by atoms with Gasteiger partial charge in [-0.25, -0.2) is 0 Å². The molecule has 1 aliphatic carbocycles. The van der Waals surface area contributed by atoms with Crippen LogP contribution in [-0.2, 0) is 28.9 Å². The van der Waals surface area contributed by atoms with Gasteiger partial charge in [-0.2, -0.15) is 0 Å². The van der Waals surface area contributed by atoms with Gasteiger partial charge in [0.15, 0.2) is 5.16 Å². The van der Waals surface area contributed by atoms with Crippen LogP contribution in [0.15, 0.2) is 5.16 Å². The number of aromatic nitrogens is 3. The van der Waals surface area contributed by atoms with Gasteiger partial charge in [0, 0.05) is 17.4 Å². The van der Waals surface area contributed by atoms with Crippen LogP contribution in [0.25, 0.3) is 0 Å². The van der Waals surface area contributed by atoms with Crippen molar-refractivity contribution in [2.45, 2.75) is 76.6 Å². The molecular formula is C22H31N5O3S2. The Kier molecular flexibility index (Phi) is 7.21. The molecule has 10 heteroatoms. The molecule has 2 aromatic rings. The fraction of sp³-hybridized carbons (Fsp3) is 0.636. The van der Waals surface area contributed by atoms with E-state index in [9.17, 15) is 9.59 Å². The topological polar surface area (TPSA) is 112 Å². The number of thiophene rings is 1. The normalized spacial score (nSPS) is 20.5. The fourth-order valence-corrected chi connectivity index (χ4v) is 6.58. The molecule has 3 N–H and O–H groups in total. The maximum Gasteiger partial charge on any atom is 0.251 e. The highest BCUT2D eigenvalue weighted by atomic mass is 32.2. The lowest BCUT2D eigenvalue weighted by Gasteiger charge is -2.18. The van der Waals surface area contributed by atoms with Gasteiger partial charge in [-0.3, -0.25) is 9.59 Å². The van der Waals surface area contributed by atoms with E-state index in [4.69, 9.17) is 10.5 Å². The lowest BCUT2D eigenvalue weighted by atomic mass is 9.88. The molecular weight excluding hydrogens is 446 g/mol. The summed E-state index contributed by atoms with van der Waals surface area (Å²) in [5, 5.41) is 12.9. The predicted octanol–water partition coefficient (Wildman–Crippen LogP) is 3.60. The number of hydrogen-bond acceptors (Lipinski definition) is 7. The van der Waals surface area contributed by atoms with Gasteiger partial charge in [-0.05, 0) is 43.6 Å². The SMILES string of the molecule is CC1CCc2c(sc(NC(=O)CSc3nnc(C(C)C)n3CC3CCCO3)c2C(N)=O)C1. The van der Waals surface area contributed by atoms with Crippen LogP contribution in [-0.4, -0.2) is 45.0 Å². The Balaban J connectivity index is 1.45. The summed E-state index contributed by atoms with van der Waals surface area (Å²) in [6.45, 7) is 7.87. The molecule has 0 spiro atoms. The Morgan fingerprint density at radius 1 is 1.34 bits per heavy atom. The zero-order valence-electron chi connectivity index (χ0n) is 18.8. The predicted molar refractivity (Wildman–Crippen MR) is 126 cm³/mol. The summed E-state index contributed by atoms with van der Waals surface area (Å²) < 4.78 is 7.88. The van der Waals surface area contributed by atoms with Crippen LogP contribution in [0.5, 0.6) is 0 Å². The van der Waals surface area contributed by atoms with Crippen LogP contribution >= 0.6 is 23.1 Å². The summed E-state index contributed by atoms with van der Waals surface area (Å²) in [6.07, 6.45) is 5.05. The molecule has 0 saturated carbocycles. The fourth-order valence-electron chi connectivity index (χ4n) is 4.39. The highest BCUT2D eigenvalue weighted by Crippen LogP contribution is 2.39. The Bertz CT molecular complexity index is 994. The van der Waals surface area contributed by atoms with E-state index in [0.717, 1.165) is 50.1 Å². The average molecular weight is 478 g/mol. The van der Waals surface area contributed by atoms with Crippen LogP contribution in [0.4, 0.5) is 5.00 Å². The summed E-state index contributed by atoms with van der Waals surface area (Å²) in [6, 6.07) is 0. The number of primary amides is 1. The molecule has 0 aromatic carbocycles. The molecule has 2 atom stereocenters. The molecule has 1 saturated heterocycles. The maximum atomic E-state index is 12.8. The van der Waals surface area contributed by atoms with E-state index in [1.54, 1.807) is 0 Å². The quantitative estimate of drug-likeness (QED) is 0.562. The maximum absolute atomic E-state index is 12.8.